The number of likely N-dealkylation sites (tertiary alicyclic amines) is 2. The van der Waals surface area contributed by atoms with Gasteiger partial charge in [-0.2, -0.15) is 0 Å². The fourth-order valence-corrected chi connectivity index (χ4v) is 4.36. The van der Waals surface area contributed by atoms with Crippen molar-refractivity contribution in [3.63, 3.8) is 0 Å². The van der Waals surface area contributed by atoms with Gasteiger partial charge < -0.3 is 9.80 Å². The van der Waals surface area contributed by atoms with E-state index in [1.54, 1.807) is 0 Å². The van der Waals surface area contributed by atoms with Gasteiger partial charge in [0.1, 0.15) is 0 Å². The second-order valence-electron chi connectivity index (χ2n) is 9.17. The lowest BCUT2D eigenvalue weighted by molar-refractivity contribution is 0.0579. The van der Waals surface area contributed by atoms with Gasteiger partial charge in [-0.15, -0.1) is 12.4 Å². The summed E-state index contributed by atoms with van der Waals surface area (Å²) in [7, 11) is 0. The van der Waals surface area contributed by atoms with Crippen molar-refractivity contribution in [2.75, 3.05) is 26.2 Å². The van der Waals surface area contributed by atoms with Crippen LogP contribution in [0.25, 0.3) is 0 Å². The van der Waals surface area contributed by atoms with Crippen molar-refractivity contribution in [2.45, 2.75) is 77.2 Å². The normalized spacial score (nSPS) is 21.6. The van der Waals surface area contributed by atoms with Crippen LogP contribution in [0.4, 0.5) is 0 Å². The van der Waals surface area contributed by atoms with Crippen molar-refractivity contribution in [3.05, 3.63) is 35.4 Å². The van der Waals surface area contributed by atoms with Gasteiger partial charge in [0, 0.05) is 24.7 Å². The zero-order valence-corrected chi connectivity index (χ0v) is 18.2. The summed E-state index contributed by atoms with van der Waals surface area (Å²) in [6.07, 6.45) is 8.77. The number of amides is 1. The van der Waals surface area contributed by atoms with E-state index >= 15 is 0 Å². The fraction of sp³-hybridized carbons (Fsp3) is 0.696. The van der Waals surface area contributed by atoms with Crippen LogP contribution in [-0.2, 0) is 5.41 Å². The molecule has 0 aliphatic carbocycles. The van der Waals surface area contributed by atoms with Gasteiger partial charge in [-0.25, -0.2) is 0 Å². The molecule has 1 unspecified atom stereocenters. The molecule has 2 aliphatic heterocycles. The van der Waals surface area contributed by atoms with Crippen LogP contribution in [0.3, 0.4) is 0 Å². The molecule has 2 aliphatic rings. The summed E-state index contributed by atoms with van der Waals surface area (Å²) in [6, 6.07) is 8.72. The third kappa shape index (κ3) is 5.96. The van der Waals surface area contributed by atoms with Crippen molar-refractivity contribution in [3.8, 4) is 0 Å². The van der Waals surface area contributed by atoms with Crippen LogP contribution in [-0.4, -0.2) is 47.9 Å². The Morgan fingerprint density at radius 2 is 1.59 bits per heavy atom. The first-order chi connectivity index (χ1) is 12.4. The van der Waals surface area contributed by atoms with Crippen LogP contribution in [0.5, 0.6) is 0 Å². The number of carbonyl (C=O) groups is 1. The second kappa shape index (κ2) is 9.93. The van der Waals surface area contributed by atoms with Crippen LogP contribution < -0.4 is 0 Å². The monoisotopic (exact) mass is 392 g/mol. The van der Waals surface area contributed by atoms with E-state index < -0.39 is 0 Å². The molecule has 1 amide bonds. The van der Waals surface area contributed by atoms with Crippen molar-refractivity contribution in [2.24, 2.45) is 0 Å². The van der Waals surface area contributed by atoms with Gasteiger partial charge in [0.05, 0.1) is 0 Å². The topological polar surface area (TPSA) is 23.6 Å². The predicted molar refractivity (Wildman–Crippen MR) is 116 cm³/mol. The summed E-state index contributed by atoms with van der Waals surface area (Å²) in [5, 5.41) is 0. The molecule has 3 rings (SSSR count). The molecule has 4 heteroatoms. The maximum absolute atomic E-state index is 13.1. The molecular weight excluding hydrogens is 356 g/mol. The Kier molecular flexibility index (Phi) is 8.18. The number of hydrogen-bond donors (Lipinski definition) is 0. The van der Waals surface area contributed by atoms with E-state index in [1.807, 2.05) is 12.1 Å². The van der Waals surface area contributed by atoms with Gasteiger partial charge in [0.25, 0.3) is 5.91 Å². The highest BCUT2D eigenvalue weighted by Crippen LogP contribution is 2.25. The quantitative estimate of drug-likeness (QED) is 0.696. The maximum Gasteiger partial charge on any atom is 0.254 e. The Morgan fingerprint density at radius 1 is 0.963 bits per heavy atom. The van der Waals surface area contributed by atoms with Gasteiger partial charge >= 0.3 is 0 Å². The molecule has 0 spiro atoms. The van der Waals surface area contributed by atoms with E-state index in [0.29, 0.717) is 6.04 Å². The minimum Gasteiger partial charge on any atom is -0.336 e. The first-order valence-corrected chi connectivity index (χ1v) is 10.6. The first-order valence-electron chi connectivity index (χ1n) is 10.6. The highest BCUT2D eigenvalue weighted by molar-refractivity contribution is 5.94. The predicted octanol–water partition coefficient (Wildman–Crippen LogP) is 5.28. The molecule has 0 aromatic heterocycles. The Hall–Kier alpha value is -1.06. The molecule has 152 valence electrons. The second-order valence-corrected chi connectivity index (χ2v) is 9.17. The number of rotatable bonds is 4. The van der Waals surface area contributed by atoms with E-state index in [2.05, 4.69) is 42.7 Å². The average Bonchev–Trinajstić information content (AvgIpc) is 2.66. The van der Waals surface area contributed by atoms with Crippen LogP contribution >= 0.6 is 12.4 Å². The molecule has 2 fully saturated rings. The van der Waals surface area contributed by atoms with Gasteiger partial charge in [-0.05, 0) is 74.7 Å². The maximum atomic E-state index is 13.1. The minimum absolute atomic E-state index is 0. The Morgan fingerprint density at radius 3 is 2.22 bits per heavy atom. The number of nitrogens with zero attached hydrogens (tertiary/aromatic N) is 2. The van der Waals surface area contributed by atoms with Crippen LogP contribution in [0.2, 0.25) is 0 Å². The van der Waals surface area contributed by atoms with Gasteiger partial charge in [-0.3, -0.25) is 4.79 Å². The molecule has 2 saturated heterocycles. The smallest absolute Gasteiger partial charge is 0.254 e. The van der Waals surface area contributed by atoms with Gasteiger partial charge in [0.15, 0.2) is 0 Å². The van der Waals surface area contributed by atoms with Gasteiger partial charge in [-0.1, -0.05) is 39.3 Å². The lowest BCUT2D eigenvalue weighted by atomic mass is 9.86. The SMILES string of the molecule is CC(C)(C)c1ccc(C(=O)N2CCCCC2CCN2CCCCC2)cc1.Cl. The van der Waals surface area contributed by atoms with Crippen molar-refractivity contribution in [1.29, 1.82) is 0 Å². The molecule has 1 aromatic carbocycles. The zero-order chi connectivity index (χ0) is 18.6. The molecule has 0 radical (unpaired) electrons. The number of benzene rings is 1. The van der Waals surface area contributed by atoms with Crippen molar-refractivity contribution < 1.29 is 4.79 Å². The number of hydrogen-bond acceptors (Lipinski definition) is 2. The largest absolute Gasteiger partial charge is 0.336 e. The Balaban J connectivity index is 0.00000261. The molecular formula is C23H37ClN2O. The van der Waals surface area contributed by atoms with E-state index in [1.165, 1.54) is 50.8 Å². The fourth-order valence-electron chi connectivity index (χ4n) is 4.36. The zero-order valence-electron chi connectivity index (χ0n) is 17.4. The summed E-state index contributed by atoms with van der Waals surface area (Å²) >= 11 is 0. The lowest BCUT2D eigenvalue weighted by Crippen LogP contribution is -2.45. The summed E-state index contributed by atoms with van der Waals surface area (Å²) in [6.45, 7) is 11.2. The van der Waals surface area contributed by atoms with Gasteiger partial charge in [0.2, 0.25) is 0 Å². The molecule has 0 saturated carbocycles. The van der Waals surface area contributed by atoms with Crippen molar-refractivity contribution in [1.82, 2.24) is 9.80 Å². The molecule has 0 bridgehead atoms. The lowest BCUT2D eigenvalue weighted by Gasteiger charge is -2.37. The number of carbonyl (C=O) groups excluding carboxylic acids is 1. The highest BCUT2D eigenvalue weighted by Gasteiger charge is 2.28. The van der Waals surface area contributed by atoms with E-state index in [9.17, 15) is 4.79 Å². The molecule has 0 N–H and O–H groups in total. The van der Waals surface area contributed by atoms with E-state index in [0.717, 1.165) is 31.5 Å². The Labute approximate surface area is 171 Å². The van der Waals surface area contributed by atoms with Crippen LogP contribution in [0.1, 0.15) is 81.6 Å². The van der Waals surface area contributed by atoms with Crippen LogP contribution in [0, 0.1) is 0 Å². The summed E-state index contributed by atoms with van der Waals surface area (Å²) in [5.41, 5.74) is 2.26. The Bertz CT molecular complexity index is 587. The highest BCUT2D eigenvalue weighted by atomic mass is 35.5. The standard InChI is InChI=1S/C23H36N2O.ClH/c1-23(2,3)20-12-10-19(11-13-20)22(26)25-17-8-5-9-21(25)14-18-24-15-6-4-7-16-24;/h10-13,21H,4-9,14-18H2,1-3H3;1H. The first kappa shape index (κ1) is 22.2. The van der Waals surface area contributed by atoms with E-state index in [4.69, 9.17) is 0 Å². The minimum atomic E-state index is 0. The third-order valence-electron chi connectivity index (χ3n) is 6.11. The third-order valence-corrected chi connectivity index (χ3v) is 6.11. The summed E-state index contributed by atoms with van der Waals surface area (Å²) < 4.78 is 0. The molecule has 2 heterocycles. The summed E-state index contributed by atoms with van der Waals surface area (Å²) in [5.74, 6) is 0.230. The molecule has 1 aromatic rings. The number of halogens is 1. The summed E-state index contributed by atoms with van der Waals surface area (Å²) in [4.78, 5) is 17.9. The number of piperidine rings is 2. The van der Waals surface area contributed by atoms with E-state index in [-0.39, 0.29) is 23.7 Å². The van der Waals surface area contributed by atoms with Crippen LogP contribution in [0.15, 0.2) is 24.3 Å². The average molecular weight is 393 g/mol. The van der Waals surface area contributed by atoms with Crippen molar-refractivity contribution >= 4 is 18.3 Å². The molecule has 1 atom stereocenters. The molecule has 27 heavy (non-hydrogen) atoms. The molecule has 3 nitrogen and oxygen atoms in total.